The summed E-state index contributed by atoms with van der Waals surface area (Å²) >= 11 is 0. The predicted molar refractivity (Wildman–Crippen MR) is 61.3 cm³/mol. The van der Waals surface area contributed by atoms with E-state index in [2.05, 4.69) is 0 Å². The molecule has 0 aliphatic carbocycles. The highest BCUT2D eigenvalue weighted by atomic mass is 16.5. The number of ether oxygens (including phenoxy) is 1. The normalized spacial score (nSPS) is 10.1. The molecule has 1 heterocycles. The minimum Gasteiger partial charge on any atom is -0.488 e. The van der Waals surface area contributed by atoms with Gasteiger partial charge in [-0.25, -0.2) is 0 Å². The fourth-order valence-corrected chi connectivity index (χ4v) is 1.23. The van der Waals surface area contributed by atoms with E-state index in [4.69, 9.17) is 10.00 Å². The van der Waals surface area contributed by atoms with Gasteiger partial charge in [-0.05, 0) is 18.1 Å². The monoisotopic (exact) mass is 220 g/mol. The lowest BCUT2D eigenvalue weighted by Crippen LogP contribution is -2.22. The summed E-state index contributed by atoms with van der Waals surface area (Å²) in [6.45, 7) is 4.99. The Kier molecular flexibility index (Phi) is 4.59. The molecule has 0 atom stereocenters. The lowest BCUT2D eigenvalue weighted by molar-refractivity contribution is 0.265. The highest BCUT2D eigenvalue weighted by Crippen LogP contribution is 2.04. The summed E-state index contributed by atoms with van der Waals surface area (Å²) < 4.78 is 6.90. The first-order valence-corrected chi connectivity index (χ1v) is 5.34. The lowest BCUT2D eigenvalue weighted by atomic mass is 10.2. The van der Waals surface area contributed by atoms with E-state index in [9.17, 15) is 4.79 Å². The molecule has 0 aliphatic rings. The van der Waals surface area contributed by atoms with Gasteiger partial charge in [-0.1, -0.05) is 13.8 Å². The van der Waals surface area contributed by atoms with Gasteiger partial charge in [0.15, 0.2) is 5.75 Å². The average molecular weight is 220 g/mol. The van der Waals surface area contributed by atoms with Crippen molar-refractivity contribution in [2.24, 2.45) is 5.92 Å². The van der Waals surface area contributed by atoms with Crippen LogP contribution < -0.4 is 10.3 Å². The highest BCUT2D eigenvalue weighted by molar-refractivity contribution is 5.17. The Balaban J connectivity index is 2.79. The molecule has 4 heteroatoms. The zero-order valence-corrected chi connectivity index (χ0v) is 9.64. The van der Waals surface area contributed by atoms with E-state index < -0.39 is 0 Å². The molecule has 16 heavy (non-hydrogen) atoms. The van der Waals surface area contributed by atoms with Gasteiger partial charge in [-0.2, -0.15) is 5.26 Å². The molecule has 0 unspecified atom stereocenters. The van der Waals surface area contributed by atoms with Crippen LogP contribution >= 0.6 is 0 Å². The van der Waals surface area contributed by atoms with Crippen molar-refractivity contribution in [3.05, 3.63) is 28.7 Å². The van der Waals surface area contributed by atoms with Crippen LogP contribution in [0.5, 0.6) is 5.75 Å². The zero-order chi connectivity index (χ0) is 12.0. The van der Waals surface area contributed by atoms with E-state index in [0.717, 1.165) is 0 Å². The van der Waals surface area contributed by atoms with E-state index >= 15 is 0 Å². The molecule has 1 aromatic heterocycles. The van der Waals surface area contributed by atoms with Gasteiger partial charge in [-0.3, -0.25) is 4.79 Å². The van der Waals surface area contributed by atoms with Crippen LogP contribution in [0.25, 0.3) is 0 Å². The van der Waals surface area contributed by atoms with Crippen molar-refractivity contribution < 1.29 is 4.74 Å². The molecule has 1 aromatic rings. The van der Waals surface area contributed by atoms with Gasteiger partial charge in [-0.15, -0.1) is 0 Å². The van der Waals surface area contributed by atoms with Crippen LogP contribution in [0, 0.1) is 17.2 Å². The Bertz CT molecular complexity index is 429. The van der Waals surface area contributed by atoms with E-state index in [1.165, 1.54) is 4.57 Å². The van der Waals surface area contributed by atoms with Crippen molar-refractivity contribution in [2.45, 2.75) is 26.8 Å². The van der Waals surface area contributed by atoms with Gasteiger partial charge >= 0.3 is 0 Å². The van der Waals surface area contributed by atoms with Crippen LogP contribution in [0.3, 0.4) is 0 Å². The van der Waals surface area contributed by atoms with E-state index in [1.807, 2.05) is 19.9 Å². The lowest BCUT2D eigenvalue weighted by Gasteiger charge is -2.09. The Labute approximate surface area is 95.1 Å². The molecule has 0 spiro atoms. The molecule has 0 saturated heterocycles. The number of nitriles is 1. The zero-order valence-electron chi connectivity index (χ0n) is 9.64. The van der Waals surface area contributed by atoms with Crippen molar-refractivity contribution in [3.8, 4) is 11.8 Å². The number of aryl methyl sites for hydroxylation is 1. The van der Waals surface area contributed by atoms with Crippen LogP contribution in [-0.4, -0.2) is 11.2 Å². The second kappa shape index (κ2) is 5.96. The van der Waals surface area contributed by atoms with Gasteiger partial charge in [0.25, 0.3) is 5.56 Å². The summed E-state index contributed by atoms with van der Waals surface area (Å²) in [5, 5.41) is 8.47. The first kappa shape index (κ1) is 12.3. The Hall–Kier alpha value is -1.76. The summed E-state index contributed by atoms with van der Waals surface area (Å²) in [6.07, 6.45) is 2.00. The van der Waals surface area contributed by atoms with Gasteiger partial charge in [0.1, 0.15) is 0 Å². The third-order valence-corrected chi connectivity index (χ3v) is 2.02. The first-order chi connectivity index (χ1) is 7.65. The minimum absolute atomic E-state index is 0.168. The molecule has 0 aromatic carbocycles. The number of hydrogen-bond acceptors (Lipinski definition) is 3. The predicted octanol–water partition coefficient (Wildman–Crippen LogP) is 1.80. The third kappa shape index (κ3) is 3.43. The number of hydrogen-bond donors (Lipinski definition) is 0. The van der Waals surface area contributed by atoms with Gasteiger partial charge in [0, 0.05) is 12.7 Å². The number of rotatable bonds is 5. The van der Waals surface area contributed by atoms with E-state index in [-0.39, 0.29) is 5.56 Å². The van der Waals surface area contributed by atoms with E-state index in [1.54, 1.807) is 18.3 Å². The standard InChI is InChI=1S/C12H16N2O2/c1-10(2)9-16-11-5-3-7-14(12(11)15)8-4-6-13/h3,5,7,10H,4,8-9H2,1-2H3. The Morgan fingerprint density at radius 3 is 2.94 bits per heavy atom. The summed E-state index contributed by atoms with van der Waals surface area (Å²) in [7, 11) is 0. The first-order valence-electron chi connectivity index (χ1n) is 5.34. The van der Waals surface area contributed by atoms with Gasteiger partial charge in [0.05, 0.1) is 19.1 Å². The summed E-state index contributed by atoms with van der Waals surface area (Å²) in [5.74, 6) is 0.737. The molecule has 86 valence electrons. The SMILES string of the molecule is CC(C)COc1cccn(CCC#N)c1=O. The number of aromatic nitrogens is 1. The quantitative estimate of drug-likeness (QED) is 0.760. The fraction of sp³-hybridized carbons (Fsp3) is 0.500. The van der Waals surface area contributed by atoms with Crippen molar-refractivity contribution >= 4 is 0 Å². The second-order valence-electron chi connectivity index (χ2n) is 3.98. The summed E-state index contributed by atoms with van der Waals surface area (Å²) in [6, 6.07) is 5.43. The van der Waals surface area contributed by atoms with Crippen LogP contribution in [-0.2, 0) is 6.54 Å². The fourth-order valence-electron chi connectivity index (χ4n) is 1.23. The van der Waals surface area contributed by atoms with Gasteiger partial charge < -0.3 is 9.30 Å². The molecule has 0 aliphatic heterocycles. The maximum absolute atomic E-state index is 11.8. The van der Waals surface area contributed by atoms with Crippen molar-refractivity contribution in [1.82, 2.24) is 4.57 Å². The van der Waals surface area contributed by atoms with Crippen LogP contribution in [0.1, 0.15) is 20.3 Å². The molecular formula is C12H16N2O2. The third-order valence-electron chi connectivity index (χ3n) is 2.02. The Morgan fingerprint density at radius 2 is 2.31 bits per heavy atom. The Morgan fingerprint density at radius 1 is 1.56 bits per heavy atom. The maximum atomic E-state index is 11.8. The highest BCUT2D eigenvalue weighted by Gasteiger charge is 2.04. The average Bonchev–Trinajstić information content (AvgIpc) is 2.26. The van der Waals surface area contributed by atoms with Crippen LogP contribution in [0.15, 0.2) is 23.1 Å². The van der Waals surface area contributed by atoms with Crippen molar-refractivity contribution in [3.63, 3.8) is 0 Å². The number of pyridine rings is 1. The molecule has 0 saturated carbocycles. The van der Waals surface area contributed by atoms with Crippen LogP contribution in [0.2, 0.25) is 0 Å². The summed E-state index contributed by atoms with van der Waals surface area (Å²) in [5.41, 5.74) is -0.168. The summed E-state index contributed by atoms with van der Waals surface area (Å²) in [4.78, 5) is 11.8. The second-order valence-corrected chi connectivity index (χ2v) is 3.98. The molecule has 0 bridgehead atoms. The maximum Gasteiger partial charge on any atom is 0.292 e. The topological polar surface area (TPSA) is 55.0 Å². The smallest absolute Gasteiger partial charge is 0.292 e. The molecule has 0 amide bonds. The number of nitrogens with zero attached hydrogens (tertiary/aromatic N) is 2. The van der Waals surface area contributed by atoms with Crippen molar-refractivity contribution in [2.75, 3.05) is 6.61 Å². The molecule has 4 nitrogen and oxygen atoms in total. The van der Waals surface area contributed by atoms with Gasteiger partial charge in [0.2, 0.25) is 0 Å². The molecule has 0 fully saturated rings. The molecule has 0 N–H and O–H groups in total. The van der Waals surface area contributed by atoms with Crippen molar-refractivity contribution in [1.29, 1.82) is 5.26 Å². The van der Waals surface area contributed by atoms with E-state index in [0.29, 0.717) is 31.2 Å². The minimum atomic E-state index is -0.168. The molecule has 1 rings (SSSR count). The van der Waals surface area contributed by atoms with Crippen LogP contribution in [0.4, 0.5) is 0 Å². The molecule has 0 radical (unpaired) electrons. The molecular weight excluding hydrogens is 204 g/mol. The largest absolute Gasteiger partial charge is 0.488 e.